The summed E-state index contributed by atoms with van der Waals surface area (Å²) in [5.74, 6) is -0.946. The Hall–Kier alpha value is -3.41. The highest BCUT2D eigenvalue weighted by atomic mass is 16.6. The van der Waals surface area contributed by atoms with Gasteiger partial charge in [0.25, 0.3) is 0 Å². The van der Waals surface area contributed by atoms with Crippen molar-refractivity contribution >= 4 is 17.9 Å². The molecule has 0 bridgehead atoms. The van der Waals surface area contributed by atoms with E-state index in [0.717, 1.165) is 109 Å². The summed E-state index contributed by atoms with van der Waals surface area (Å²) in [5.41, 5.74) is 0. The summed E-state index contributed by atoms with van der Waals surface area (Å²) in [5, 5.41) is 0. The van der Waals surface area contributed by atoms with Crippen LogP contribution in [-0.2, 0) is 28.6 Å². The lowest BCUT2D eigenvalue weighted by Gasteiger charge is -2.18. The van der Waals surface area contributed by atoms with E-state index in [1.165, 1.54) is 193 Å². The molecular weight excluding hydrogens is 973 g/mol. The number of hydrogen-bond acceptors (Lipinski definition) is 6. The maximum atomic E-state index is 12.8. The summed E-state index contributed by atoms with van der Waals surface area (Å²) in [6.07, 6.45) is 89.4. The van der Waals surface area contributed by atoms with Gasteiger partial charge in [-0.25, -0.2) is 0 Å². The van der Waals surface area contributed by atoms with Gasteiger partial charge in [-0.3, -0.25) is 14.4 Å². The van der Waals surface area contributed by atoms with Gasteiger partial charge in [0.05, 0.1) is 0 Å². The van der Waals surface area contributed by atoms with E-state index >= 15 is 0 Å². The van der Waals surface area contributed by atoms with Crippen LogP contribution >= 0.6 is 0 Å². The van der Waals surface area contributed by atoms with Crippen molar-refractivity contribution in [2.75, 3.05) is 13.2 Å². The molecule has 0 aromatic heterocycles. The molecule has 6 nitrogen and oxygen atoms in total. The van der Waals surface area contributed by atoms with Gasteiger partial charge in [-0.1, -0.05) is 298 Å². The highest BCUT2D eigenvalue weighted by Gasteiger charge is 2.19. The molecule has 0 radical (unpaired) electrons. The van der Waals surface area contributed by atoms with Gasteiger partial charge >= 0.3 is 17.9 Å². The molecule has 0 aromatic carbocycles. The zero-order chi connectivity index (χ0) is 57.1. The number of carbonyl (C=O) groups excluding carboxylic acids is 3. The van der Waals surface area contributed by atoms with Crippen LogP contribution in [0.4, 0.5) is 0 Å². The van der Waals surface area contributed by atoms with Crippen LogP contribution in [0.2, 0.25) is 0 Å². The fourth-order valence-corrected chi connectivity index (χ4v) is 9.82. The summed E-state index contributed by atoms with van der Waals surface area (Å²) in [6, 6.07) is 0. The number of esters is 3. The molecule has 0 aliphatic heterocycles. The zero-order valence-corrected chi connectivity index (χ0v) is 52.4. The molecule has 1 atom stereocenters. The minimum atomic E-state index is -0.803. The Morgan fingerprint density at radius 2 is 0.494 bits per heavy atom. The molecule has 79 heavy (non-hydrogen) atoms. The van der Waals surface area contributed by atoms with Crippen molar-refractivity contribution in [3.8, 4) is 0 Å². The third-order valence-corrected chi connectivity index (χ3v) is 14.9. The van der Waals surface area contributed by atoms with Gasteiger partial charge < -0.3 is 14.2 Å². The molecule has 0 spiro atoms. The van der Waals surface area contributed by atoms with Crippen molar-refractivity contribution in [2.24, 2.45) is 0 Å². The third-order valence-electron chi connectivity index (χ3n) is 14.9. The predicted molar refractivity (Wildman–Crippen MR) is 344 cm³/mol. The molecule has 6 heteroatoms. The maximum Gasteiger partial charge on any atom is 0.306 e. The second-order valence-corrected chi connectivity index (χ2v) is 22.7. The van der Waals surface area contributed by atoms with Crippen molar-refractivity contribution in [3.05, 3.63) is 85.1 Å². The van der Waals surface area contributed by atoms with Crippen LogP contribution in [0, 0.1) is 0 Å². The first-order valence-corrected chi connectivity index (χ1v) is 34.1. The highest BCUT2D eigenvalue weighted by molar-refractivity contribution is 5.71. The zero-order valence-electron chi connectivity index (χ0n) is 52.4. The van der Waals surface area contributed by atoms with Crippen LogP contribution < -0.4 is 0 Å². The SMILES string of the molecule is CC/C=C\C/C=C\C/C=C\CCCCCC(=O)OCC(COC(=O)CCCCCCCCCCCCCCCCCCCCCCCCC/C=C\CCCCCCCCCC)OC(=O)CCCCC/C=C\C/C=C\C/C=C\CC. The van der Waals surface area contributed by atoms with E-state index in [1.807, 2.05) is 0 Å². The summed E-state index contributed by atoms with van der Waals surface area (Å²) < 4.78 is 16.8. The van der Waals surface area contributed by atoms with Crippen molar-refractivity contribution in [1.29, 1.82) is 0 Å². The van der Waals surface area contributed by atoms with Crippen LogP contribution in [0.3, 0.4) is 0 Å². The fraction of sp³-hybridized carbons (Fsp3) is 0.767. The van der Waals surface area contributed by atoms with Crippen molar-refractivity contribution in [2.45, 2.75) is 348 Å². The largest absolute Gasteiger partial charge is 0.462 e. The molecule has 0 fully saturated rings. The Balaban J connectivity index is 4.06. The minimum absolute atomic E-state index is 0.0958. The lowest BCUT2D eigenvalue weighted by atomic mass is 10.0. The van der Waals surface area contributed by atoms with Gasteiger partial charge in [0.1, 0.15) is 13.2 Å². The summed E-state index contributed by atoms with van der Waals surface area (Å²) in [4.78, 5) is 38.2. The first-order chi connectivity index (χ1) is 39.0. The van der Waals surface area contributed by atoms with Gasteiger partial charge in [0, 0.05) is 19.3 Å². The molecule has 0 rings (SSSR count). The molecule has 0 N–H and O–H groups in total. The van der Waals surface area contributed by atoms with E-state index in [2.05, 4.69) is 106 Å². The van der Waals surface area contributed by atoms with Crippen LogP contribution in [0.25, 0.3) is 0 Å². The number of ether oxygens (including phenoxy) is 3. The number of hydrogen-bond donors (Lipinski definition) is 0. The minimum Gasteiger partial charge on any atom is -0.462 e. The molecule has 0 saturated heterocycles. The van der Waals surface area contributed by atoms with Gasteiger partial charge in [0.2, 0.25) is 0 Å². The number of rotatable bonds is 62. The normalized spacial score (nSPS) is 12.6. The van der Waals surface area contributed by atoms with Gasteiger partial charge in [-0.15, -0.1) is 0 Å². The summed E-state index contributed by atoms with van der Waals surface area (Å²) in [6.45, 7) is 6.39. The fourth-order valence-electron chi connectivity index (χ4n) is 9.82. The van der Waals surface area contributed by atoms with Crippen LogP contribution in [0.15, 0.2) is 85.1 Å². The molecule has 0 saturated carbocycles. The second kappa shape index (κ2) is 67.1. The van der Waals surface area contributed by atoms with Crippen LogP contribution in [0.5, 0.6) is 0 Å². The molecule has 0 aliphatic rings. The molecule has 1 unspecified atom stereocenters. The average Bonchev–Trinajstić information content (AvgIpc) is 3.45. The highest BCUT2D eigenvalue weighted by Crippen LogP contribution is 2.18. The summed E-state index contributed by atoms with van der Waals surface area (Å²) >= 11 is 0. The molecule has 0 aliphatic carbocycles. The first kappa shape index (κ1) is 75.6. The van der Waals surface area contributed by atoms with E-state index in [0.29, 0.717) is 12.8 Å². The maximum absolute atomic E-state index is 12.8. The van der Waals surface area contributed by atoms with Crippen molar-refractivity contribution in [1.82, 2.24) is 0 Å². The first-order valence-electron chi connectivity index (χ1n) is 34.1. The Morgan fingerprint density at radius 1 is 0.266 bits per heavy atom. The Kier molecular flexibility index (Phi) is 64.2. The van der Waals surface area contributed by atoms with E-state index in [-0.39, 0.29) is 37.5 Å². The van der Waals surface area contributed by atoms with Crippen LogP contribution in [0.1, 0.15) is 342 Å². The van der Waals surface area contributed by atoms with Crippen molar-refractivity contribution in [3.63, 3.8) is 0 Å². The van der Waals surface area contributed by atoms with E-state index in [1.54, 1.807) is 0 Å². The van der Waals surface area contributed by atoms with Gasteiger partial charge in [-0.05, 0) is 109 Å². The predicted octanol–water partition coefficient (Wildman–Crippen LogP) is 23.4. The van der Waals surface area contributed by atoms with E-state index in [4.69, 9.17) is 14.2 Å². The molecule has 0 aromatic rings. The Bertz CT molecular complexity index is 1500. The average molecular weight is 1100 g/mol. The molecule has 456 valence electrons. The van der Waals surface area contributed by atoms with Crippen LogP contribution in [-0.4, -0.2) is 37.2 Å². The third kappa shape index (κ3) is 65.3. The molecule has 0 amide bonds. The Morgan fingerprint density at radius 3 is 0.797 bits per heavy atom. The quantitative estimate of drug-likeness (QED) is 0.0261. The topological polar surface area (TPSA) is 78.9 Å². The van der Waals surface area contributed by atoms with Gasteiger partial charge in [-0.2, -0.15) is 0 Å². The lowest BCUT2D eigenvalue weighted by Crippen LogP contribution is -2.30. The second-order valence-electron chi connectivity index (χ2n) is 22.7. The molecule has 0 heterocycles. The monoisotopic (exact) mass is 1100 g/mol. The molecular formula is C73H128O6. The number of allylic oxidation sites excluding steroid dienone is 14. The van der Waals surface area contributed by atoms with E-state index < -0.39 is 6.10 Å². The number of carbonyl (C=O) groups is 3. The van der Waals surface area contributed by atoms with Gasteiger partial charge in [0.15, 0.2) is 6.10 Å². The van der Waals surface area contributed by atoms with E-state index in [9.17, 15) is 14.4 Å². The lowest BCUT2D eigenvalue weighted by molar-refractivity contribution is -0.167. The van der Waals surface area contributed by atoms with Crippen molar-refractivity contribution < 1.29 is 28.6 Å². The standard InChI is InChI=1S/C73H128O6/c1-4-7-10-13-16-19-22-25-26-27-28-29-30-31-32-33-34-35-36-37-38-39-40-41-42-43-44-45-46-49-51-54-57-60-63-66-72(75)78-69-70(79-73(76)67-64-61-58-55-52-48-24-21-18-15-12-9-6-3)68-77-71(74)65-62-59-56-53-50-47-23-20-17-14-11-8-5-2/h8-9,11-12,17-18,20-21,27-28,47-48,50,52,70H,4-7,10,13-16,19,22-26,29-46,49,51,53-69H2,1-3H3/b11-8-,12-9-,20-17-,21-18-,28-27-,50-47-,52-48-. The smallest absolute Gasteiger partial charge is 0.306 e. The number of unbranched alkanes of at least 4 members (excludes halogenated alkanes) is 37. The Labute approximate surface area is 490 Å². The summed E-state index contributed by atoms with van der Waals surface area (Å²) in [7, 11) is 0.